The Balaban J connectivity index is 3.37. The van der Waals surface area contributed by atoms with Crippen molar-refractivity contribution in [2.24, 2.45) is 11.7 Å². The van der Waals surface area contributed by atoms with Crippen molar-refractivity contribution in [2.75, 3.05) is 6.54 Å². The van der Waals surface area contributed by atoms with E-state index in [9.17, 15) is 0 Å². The van der Waals surface area contributed by atoms with Gasteiger partial charge >= 0.3 is 0 Å². The Kier molecular flexibility index (Phi) is 5.51. The average Bonchev–Trinajstić information content (AvgIpc) is 1.99. The Hall–Kier alpha value is -0.0800. The minimum Gasteiger partial charge on any atom is -0.328 e. The third-order valence-corrected chi connectivity index (χ3v) is 2.30. The van der Waals surface area contributed by atoms with Gasteiger partial charge in [-0.05, 0) is 32.7 Å². The van der Waals surface area contributed by atoms with Gasteiger partial charge in [-0.1, -0.05) is 13.8 Å². The van der Waals surface area contributed by atoms with E-state index in [2.05, 4.69) is 33.0 Å². The predicted molar refractivity (Wildman–Crippen MR) is 50.6 cm³/mol. The molecule has 3 atom stereocenters. The Bertz CT molecular complexity index is 91.6. The molecule has 0 aliphatic heterocycles. The molecule has 0 spiro atoms. The molecule has 2 heteroatoms. The lowest BCUT2D eigenvalue weighted by Crippen LogP contribution is -2.36. The van der Waals surface area contributed by atoms with Crippen LogP contribution in [-0.2, 0) is 0 Å². The third kappa shape index (κ3) is 5.22. The van der Waals surface area contributed by atoms with Gasteiger partial charge in [0.25, 0.3) is 0 Å². The summed E-state index contributed by atoms with van der Waals surface area (Å²) in [5, 5.41) is 3.43. The number of hydrogen-bond acceptors (Lipinski definition) is 2. The molecule has 0 aromatic carbocycles. The first-order chi connectivity index (χ1) is 5.07. The van der Waals surface area contributed by atoms with E-state index in [1.54, 1.807) is 0 Å². The van der Waals surface area contributed by atoms with Crippen LogP contribution in [0.5, 0.6) is 0 Å². The zero-order chi connectivity index (χ0) is 8.85. The van der Waals surface area contributed by atoms with E-state index in [4.69, 9.17) is 5.73 Å². The summed E-state index contributed by atoms with van der Waals surface area (Å²) >= 11 is 0. The topological polar surface area (TPSA) is 38.0 Å². The molecule has 3 unspecified atom stereocenters. The molecule has 0 rings (SSSR count). The van der Waals surface area contributed by atoms with Gasteiger partial charge in [0.2, 0.25) is 0 Å². The largest absolute Gasteiger partial charge is 0.328 e. The van der Waals surface area contributed by atoms with Crippen molar-refractivity contribution in [3.63, 3.8) is 0 Å². The fourth-order valence-corrected chi connectivity index (χ4v) is 0.717. The second kappa shape index (κ2) is 5.56. The fourth-order valence-electron chi connectivity index (χ4n) is 0.717. The van der Waals surface area contributed by atoms with E-state index in [1.807, 2.05) is 0 Å². The molecule has 0 radical (unpaired) electrons. The maximum Gasteiger partial charge on any atom is 0.00482 e. The first-order valence-corrected chi connectivity index (χ1v) is 4.56. The van der Waals surface area contributed by atoms with Crippen LogP contribution in [0.4, 0.5) is 0 Å². The van der Waals surface area contributed by atoms with Crippen molar-refractivity contribution in [3.05, 3.63) is 0 Å². The molecule has 0 aliphatic carbocycles. The zero-order valence-corrected chi connectivity index (χ0v) is 8.22. The molecule has 0 bridgehead atoms. The SMILES string of the molecule is CCC(C)NCC(C)C(C)N. The van der Waals surface area contributed by atoms with Crippen LogP contribution >= 0.6 is 0 Å². The number of nitrogens with one attached hydrogen (secondary N) is 1. The molecule has 0 aromatic rings. The van der Waals surface area contributed by atoms with E-state index in [0.29, 0.717) is 18.0 Å². The van der Waals surface area contributed by atoms with Gasteiger partial charge in [0.1, 0.15) is 0 Å². The standard InChI is InChI=1S/C9H22N2/c1-5-8(3)11-6-7(2)9(4)10/h7-9,11H,5-6,10H2,1-4H3. The Labute approximate surface area is 70.5 Å². The van der Waals surface area contributed by atoms with Crippen LogP contribution in [0, 0.1) is 5.92 Å². The Morgan fingerprint density at radius 1 is 1.27 bits per heavy atom. The van der Waals surface area contributed by atoms with Crippen molar-refractivity contribution in [3.8, 4) is 0 Å². The molecule has 0 amide bonds. The Morgan fingerprint density at radius 2 is 1.82 bits per heavy atom. The van der Waals surface area contributed by atoms with E-state index < -0.39 is 0 Å². The van der Waals surface area contributed by atoms with Gasteiger partial charge in [-0.25, -0.2) is 0 Å². The highest BCUT2D eigenvalue weighted by Crippen LogP contribution is 1.98. The predicted octanol–water partition coefficient (Wildman–Crippen LogP) is 1.36. The normalized spacial score (nSPS) is 19.4. The van der Waals surface area contributed by atoms with Crippen LogP contribution < -0.4 is 11.1 Å². The van der Waals surface area contributed by atoms with Crippen LogP contribution in [0.1, 0.15) is 34.1 Å². The molecule has 68 valence electrons. The van der Waals surface area contributed by atoms with Gasteiger partial charge in [-0.3, -0.25) is 0 Å². The minimum atomic E-state index is 0.298. The number of nitrogens with two attached hydrogens (primary N) is 1. The van der Waals surface area contributed by atoms with Gasteiger partial charge < -0.3 is 11.1 Å². The van der Waals surface area contributed by atoms with Crippen molar-refractivity contribution >= 4 is 0 Å². The zero-order valence-electron chi connectivity index (χ0n) is 8.22. The number of hydrogen-bond donors (Lipinski definition) is 2. The monoisotopic (exact) mass is 158 g/mol. The summed E-state index contributed by atoms with van der Waals surface area (Å²) in [7, 11) is 0. The highest BCUT2D eigenvalue weighted by molar-refractivity contribution is 4.68. The molecule has 2 nitrogen and oxygen atoms in total. The van der Waals surface area contributed by atoms with Crippen LogP contribution in [0.2, 0.25) is 0 Å². The minimum absolute atomic E-state index is 0.298. The van der Waals surface area contributed by atoms with Crippen molar-refractivity contribution in [2.45, 2.75) is 46.2 Å². The van der Waals surface area contributed by atoms with Gasteiger partial charge in [0.05, 0.1) is 0 Å². The lowest BCUT2D eigenvalue weighted by Gasteiger charge is -2.19. The van der Waals surface area contributed by atoms with Crippen molar-refractivity contribution in [1.29, 1.82) is 0 Å². The highest BCUT2D eigenvalue weighted by atomic mass is 14.9. The van der Waals surface area contributed by atoms with Crippen LogP contribution in [0.25, 0.3) is 0 Å². The molecule has 0 aliphatic rings. The molecule has 0 fully saturated rings. The first kappa shape index (κ1) is 10.9. The summed E-state index contributed by atoms with van der Waals surface area (Å²) in [5.74, 6) is 0.573. The lowest BCUT2D eigenvalue weighted by molar-refractivity contribution is 0.411. The van der Waals surface area contributed by atoms with Crippen LogP contribution in [-0.4, -0.2) is 18.6 Å². The molecule has 0 saturated heterocycles. The second-order valence-electron chi connectivity index (χ2n) is 3.55. The Morgan fingerprint density at radius 3 is 2.18 bits per heavy atom. The second-order valence-corrected chi connectivity index (χ2v) is 3.55. The molecule has 0 saturated carbocycles. The van der Waals surface area contributed by atoms with Gasteiger partial charge in [0.15, 0.2) is 0 Å². The summed E-state index contributed by atoms with van der Waals surface area (Å²) in [6, 6.07) is 0.919. The maximum atomic E-state index is 5.72. The van der Waals surface area contributed by atoms with Gasteiger partial charge in [-0.2, -0.15) is 0 Å². The summed E-state index contributed by atoms with van der Waals surface area (Å²) in [6.07, 6.45) is 1.19. The highest BCUT2D eigenvalue weighted by Gasteiger charge is 2.07. The summed E-state index contributed by atoms with van der Waals surface area (Å²) in [4.78, 5) is 0. The van der Waals surface area contributed by atoms with Gasteiger partial charge in [-0.15, -0.1) is 0 Å². The molecule has 0 heterocycles. The first-order valence-electron chi connectivity index (χ1n) is 4.56. The lowest BCUT2D eigenvalue weighted by atomic mass is 10.0. The smallest absolute Gasteiger partial charge is 0.00482 e. The molecular formula is C9H22N2. The van der Waals surface area contributed by atoms with Crippen molar-refractivity contribution < 1.29 is 0 Å². The average molecular weight is 158 g/mol. The van der Waals surface area contributed by atoms with Crippen LogP contribution in [0.15, 0.2) is 0 Å². The third-order valence-electron chi connectivity index (χ3n) is 2.30. The van der Waals surface area contributed by atoms with Crippen molar-refractivity contribution in [1.82, 2.24) is 5.32 Å². The molecule has 11 heavy (non-hydrogen) atoms. The molecule has 0 aromatic heterocycles. The number of rotatable bonds is 5. The van der Waals surface area contributed by atoms with E-state index in [1.165, 1.54) is 6.42 Å². The quantitative estimate of drug-likeness (QED) is 0.634. The summed E-state index contributed by atoms with van der Waals surface area (Å²) in [5.41, 5.74) is 5.72. The molecular weight excluding hydrogens is 136 g/mol. The molecule has 3 N–H and O–H groups in total. The van der Waals surface area contributed by atoms with E-state index in [-0.39, 0.29) is 0 Å². The fraction of sp³-hybridized carbons (Fsp3) is 1.00. The summed E-state index contributed by atoms with van der Waals surface area (Å²) < 4.78 is 0. The van der Waals surface area contributed by atoms with Gasteiger partial charge in [0, 0.05) is 12.1 Å². The summed E-state index contributed by atoms with van der Waals surface area (Å²) in [6.45, 7) is 9.66. The van der Waals surface area contributed by atoms with E-state index in [0.717, 1.165) is 6.54 Å². The van der Waals surface area contributed by atoms with Crippen LogP contribution in [0.3, 0.4) is 0 Å². The van der Waals surface area contributed by atoms with E-state index >= 15 is 0 Å². The maximum absolute atomic E-state index is 5.72.